The van der Waals surface area contributed by atoms with Gasteiger partial charge in [-0.15, -0.1) is 0 Å². The Kier molecular flexibility index (Phi) is 3.80. The lowest BCUT2D eigenvalue weighted by molar-refractivity contribution is 0.231. The van der Waals surface area contributed by atoms with E-state index in [0.717, 1.165) is 5.57 Å². The molecule has 0 radical (unpaired) electrons. The van der Waals surface area contributed by atoms with Gasteiger partial charge in [-0.05, 0) is 12.5 Å². The average molecular weight is 127 g/mol. The van der Waals surface area contributed by atoms with E-state index in [1.165, 1.54) is 0 Å². The fourth-order valence-electron chi connectivity index (χ4n) is 0.305. The molecule has 0 amide bonds. The van der Waals surface area contributed by atoms with Crippen molar-refractivity contribution in [3.63, 3.8) is 0 Å². The normalized spacial score (nSPS) is 8.67. The molecule has 9 heavy (non-hydrogen) atoms. The van der Waals surface area contributed by atoms with Gasteiger partial charge in [0.2, 0.25) is 0 Å². The summed E-state index contributed by atoms with van der Waals surface area (Å²) < 4.78 is 5.03. The molecule has 0 saturated carbocycles. The van der Waals surface area contributed by atoms with Crippen LogP contribution in [0.3, 0.4) is 0 Å². The first-order chi connectivity index (χ1) is 4.18. The molecular formula is C7H13NO. The molecule has 0 heterocycles. The van der Waals surface area contributed by atoms with E-state index in [9.17, 15) is 0 Å². The predicted molar refractivity (Wildman–Crippen MR) is 39.0 cm³/mol. The number of ether oxygens (including phenoxy) is 1. The fraction of sp³-hybridized carbons (Fsp3) is 0.429. The summed E-state index contributed by atoms with van der Waals surface area (Å²) >= 11 is 0. The maximum absolute atomic E-state index is 5.18. The summed E-state index contributed by atoms with van der Waals surface area (Å²) in [7, 11) is 0. The zero-order valence-corrected chi connectivity index (χ0v) is 5.81. The van der Waals surface area contributed by atoms with Crippen molar-refractivity contribution in [1.82, 2.24) is 0 Å². The van der Waals surface area contributed by atoms with Crippen molar-refractivity contribution in [1.29, 1.82) is 0 Å². The second kappa shape index (κ2) is 4.15. The number of hydrogen-bond donors (Lipinski definition) is 1. The smallest absolute Gasteiger partial charge is 0.114 e. The van der Waals surface area contributed by atoms with Crippen molar-refractivity contribution in [2.24, 2.45) is 5.73 Å². The molecular weight excluding hydrogens is 114 g/mol. The second-order valence-corrected chi connectivity index (χ2v) is 1.84. The van der Waals surface area contributed by atoms with Gasteiger partial charge in [-0.25, -0.2) is 0 Å². The van der Waals surface area contributed by atoms with Crippen molar-refractivity contribution in [3.05, 3.63) is 24.5 Å². The average Bonchev–Trinajstić information content (AvgIpc) is 1.82. The van der Waals surface area contributed by atoms with Crippen LogP contribution >= 0.6 is 0 Å². The third kappa shape index (κ3) is 3.79. The van der Waals surface area contributed by atoms with Crippen molar-refractivity contribution in [2.75, 3.05) is 13.2 Å². The van der Waals surface area contributed by atoms with Gasteiger partial charge in [0.25, 0.3) is 0 Å². The first kappa shape index (κ1) is 8.24. The Labute approximate surface area is 56.0 Å². The van der Waals surface area contributed by atoms with Crippen LogP contribution < -0.4 is 5.73 Å². The lowest BCUT2D eigenvalue weighted by Gasteiger charge is -2.05. The Bertz CT molecular complexity index is 118. The number of allylic oxidation sites excluding steroid dienone is 1. The van der Waals surface area contributed by atoms with E-state index >= 15 is 0 Å². The summed E-state index contributed by atoms with van der Waals surface area (Å²) in [6.07, 6.45) is 0. The van der Waals surface area contributed by atoms with Crippen LogP contribution in [0.4, 0.5) is 0 Å². The molecule has 0 rings (SSSR count). The highest BCUT2D eigenvalue weighted by molar-refractivity contribution is 5.15. The molecule has 0 aromatic carbocycles. The van der Waals surface area contributed by atoms with Gasteiger partial charge in [-0.1, -0.05) is 13.2 Å². The summed E-state index contributed by atoms with van der Waals surface area (Å²) in [5.41, 5.74) is 6.03. The van der Waals surface area contributed by atoms with Crippen LogP contribution in [-0.4, -0.2) is 13.2 Å². The molecule has 0 unspecified atom stereocenters. The fourth-order valence-corrected chi connectivity index (χ4v) is 0.305. The van der Waals surface area contributed by atoms with Crippen molar-refractivity contribution in [3.8, 4) is 0 Å². The largest absolute Gasteiger partial charge is 0.493 e. The number of hydrogen-bond acceptors (Lipinski definition) is 2. The SMILES string of the molecule is C=C(C)C(=C)OCCN. The lowest BCUT2D eigenvalue weighted by atomic mass is 10.3. The van der Waals surface area contributed by atoms with Crippen LogP contribution in [0.15, 0.2) is 24.5 Å². The molecule has 0 aromatic heterocycles. The van der Waals surface area contributed by atoms with E-state index < -0.39 is 0 Å². The minimum atomic E-state index is 0.520. The zero-order valence-electron chi connectivity index (χ0n) is 5.81. The standard InChI is InChI=1S/C7H13NO/c1-6(2)7(3)9-5-4-8/h1,3-5,8H2,2H3. The minimum absolute atomic E-state index is 0.520. The Morgan fingerprint density at radius 2 is 2.11 bits per heavy atom. The molecule has 2 N–H and O–H groups in total. The maximum atomic E-state index is 5.18. The predicted octanol–water partition coefficient (Wildman–Crippen LogP) is 1.05. The highest BCUT2D eigenvalue weighted by Crippen LogP contribution is 2.03. The van der Waals surface area contributed by atoms with E-state index in [-0.39, 0.29) is 0 Å². The van der Waals surface area contributed by atoms with Crippen molar-refractivity contribution >= 4 is 0 Å². The van der Waals surface area contributed by atoms with E-state index in [2.05, 4.69) is 13.2 Å². The van der Waals surface area contributed by atoms with Gasteiger partial charge in [0.1, 0.15) is 12.4 Å². The topological polar surface area (TPSA) is 35.2 Å². The van der Waals surface area contributed by atoms with Crippen LogP contribution in [-0.2, 0) is 4.74 Å². The molecule has 52 valence electrons. The minimum Gasteiger partial charge on any atom is -0.493 e. The molecule has 0 aromatic rings. The van der Waals surface area contributed by atoms with Gasteiger partial charge in [0, 0.05) is 6.54 Å². The number of nitrogens with two attached hydrogens (primary N) is 1. The molecule has 0 aliphatic rings. The van der Waals surface area contributed by atoms with Gasteiger partial charge in [-0.3, -0.25) is 0 Å². The lowest BCUT2D eigenvalue weighted by Crippen LogP contribution is -2.07. The summed E-state index contributed by atoms with van der Waals surface area (Å²) in [5, 5.41) is 0. The van der Waals surface area contributed by atoms with Gasteiger partial charge < -0.3 is 10.5 Å². The third-order valence-electron chi connectivity index (χ3n) is 0.870. The molecule has 2 nitrogen and oxygen atoms in total. The summed E-state index contributed by atoms with van der Waals surface area (Å²) in [4.78, 5) is 0. The Hall–Kier alpha value is -0.760. The molecule has 0 saturated heterocycles. The van der Waals surface area contributed by atoms with Gasteiger partial charge in [0.05, 0.1) is 0 Å². The Morgan fingerprint density at radius 3 is 2.44 bits per heavy atom. The first-order valence-corrected chi connectivity index (χ1v) is 2.86. The highest BCUT2D eigenvalue weighted by atomic mass is 16.5. The van der Waals surface area contributed by atoms with Crippen LogP contribution in [0.2, 0.25) is 0 Å². The summed E-state index contributed by atoms with van der Waals surface area (Å²) in [5.74, 6) is 0.625. The molecule has 0 bridgehead atoms. The van der Waals surface area contributed by atoms with Gasteiger partial charge >= 0.3 is 0 Å². The first-order valence-electron chi connectivity index (χ1n) is 2.86. The van der Waals surface area contributed by atoms with E-state index in [1.807, 2.05) is 6.92 Å². The highest BCUT2D eigenvalue weighted by Gasteiger charge is 1.91. The molecule has 0 atom stereocenters. The quantitative estimate of drug-likeness (QED) is 0.452. The molecule has 0 aliphatic carbocycles. The number of rotatable bonds is 4. The van der Waals surface area contributed by atoms with Gasteiger partial charge in [0.15, 0.2) is 0 Å². The third-order valence-corrected chi connectivity index (χ3v) is 0.870. The summed E-state index contributed by atoms with van der Waals surface area (Å²) in [6, 6.07) is 0. The molecule has 0 spiro atoms. The van der Waals surface area contributed by atoms with E-state index in [1.54, 1.807) is 0 Å². The molecule has 0 aliphatic heterocycles. The van der Waals surface area contributed by atoms with Crippen LogP contribution in [0, 0.1) is 0 Å². The maximum Gasteiger partial charge on any atom is 0.114 e. The monoisotopic (exact) mass is 127 g/mol. The van der Waals surface area contributed by atoms with Crippen molar-refractivity contribution < 1.29 is 4.74 Å². The Balaban J connectivity index is 3.39. The summed E-state index contributed by atoms with van der Waals surface area (Å²) in [6.45, 7) is 10.1. The Morgan fingerprint density at radius 1 is 1.56 bits per heavy atom. The van der Waals surface area contributed by atoms with Crippen LogP contribution in [0.1, 0.15) is 6.92 Å². The van der Waals surface area contributed by atoms with Crippen molar-refractivity contribution in [2.45, 2.75) is 6.92 Å². The molecule has 2 heteroatoms. The van der Waals surface area contributed by atoms with Gasteiger partial charge in [-0.2, -0.15) is 0 Å². The molecule has 0 fully saturated rings. The second-order valence-electron chi connectivity index (χ2n) is 1.84. The van der Waals surface area contributed by atoms with E-state index in [4.69, 9.17) is 10.5 Å². The van der Waals surface area contributed by atoms with E-state index in [0.29, 0.717) is 18.9 Å². The van der Waals surface area contributed by atoms with Crippen LogP contribution in [0.5, 0.6) is 0 Å². The zero-order chi connectivity index (χ0) is 7.28. The van der Waals surface area contributed by atoms with Crippen LogP contribution in [0.25, 0.3) is 0 Å².